The highest BCUT2D eigenvalue weighted by atomic mass is 79.9. The molecule has 0 aliphatic rings. The number of carboxylic acids is 1. The summed E-state index contributed by atoms with van der Waals surface area (Å²) in [5.41, 5.74) is 1.80. The standard InChI is InChI=1S/C11H11BrO2/c1-8(7-11(13)14)6-9-2-4-10(12)5-3-9/h2-5H,1,6-7H2,(H,13,14). The largest absolute Gasteiger partial charge is 0.481 e. The second-order valence-corrected chi connectivity index (χ2v) is 4.04. The first-order valence-corrected chi connectivity index (χ1v) is 5.00. The molecule has 1 aromatic carbocycles. The van der Waals surface area contributed by atoms with Crippen molar-refractivity contribution in [2.75, 3.05) is 0 Å². The Morgan fingerprint density at radius 1 is 1.36 bits per heavy atom. The first-order valence-electron chi connectivity index (χ1n) is 4.21. The van der Waals surface area contributed by atoms with Crippen LogP contribution in [0.2, 0.25) is 0 Å². The maximum absolute atomic E-state index is 10.4. The Morgan fingerprint density at radius 3 is 2.43 bits per heavy atom. The van der Waals surface area contributed by atoms with Crippen LogP contribution >= 0.6 is 15.9 Å². The Balaban J connectivity index is 2.56. The predicted molar refractivity (Wildman–Crippen MR) is 59.2 cm³/mol. The van der Waals surface area contributed by atoms with Crippen molar-refractivity contribution in [3.8, 4) is 0 Å². The molecule has 0 unspecified atom stereocenters. The molecule has 0 saturated heterocycles. The van der Waals surface area contributed by atoms with Gasteiger partial charge in [-0.25, -0.2) is 0 Å². The van der Waals surface area contributed by atoms with E-state index in [4.69, 9.17) is 5.11 Å². The summed E-state index contributed by atoms with van der Waals surface area (Å²) in [5, 5.41) is 8.54. The van der Waals surface area contributed by atoms with E-state index in [1.54, 1.807) is 0 Å². The fourth-order valence-electron chi connectivity index (χ4n) is 1.17. The summed E-state index contributed by atoms with van der Waals surface area (Å²) in [6.07, 6.45) is 0.662. The molecule has 1 N–H and O–H groups in total. The number of halogens is 1. The molecule has 0 heterocycles. The topological polar surface area (TPSA) is 37.3 Å². The summed E-state index contributed by atoms with van der Waals surface area (Å²) < 4.78 is 1.02. The number of benzene rings is 1. The number of carboxylic acid groups (broad SMARTS) is 1. The van der Waals surface area contributed by atoms with Gasteiger partial charge in [-0.2, -0.15) is 0 Å². The Bertz CT molecular complexity index is 341. The zero-order chi connectivity index (χ0) is 10.6. The number of carbonyl (C=O) groups is 1. The van der Waals surface area contributed by atoms with E-state index < -0.39 is 5.97 Å². The van der Waals surface area contributed by atoms with Crippen molar-refractivity contribution in [1.82, 2.24) is 0 Å². The van der Waals surface area contributed by atoms with Crippen molar-refractivity contribution in [2.45, 2.75) is 12.8 Å². The predicted octanol–water partition coefficient (Wildman–Crippen LogP) is 3.02. The number of hydrogen-bond donors (Lipinski definition) is 1. The molecule has 0 aliphatic heterocycles. The van der Waals surface area contributed by atoms with Gasteiger partial charge in [0.25, 0.3) is 0 Å². The van der Waals surface area contributed by atoms with Crippen LogP contribution in [-0.4, -0.2) is 11.1 Å². The van der Waals surface area contributed by atoms with E-state index >= 15 is 0 Å². The molecule has 0 saturated carbocycles. The SMILES string of the molecule is C=C(CC(=O)O)Cc1ccc(Br)cc1. The Hall–Kier alpha value is -1.09. The van der Waals surface area contributed by atoms with E-state index in [0.29, 0.717) is 6.42 Å². The molecule has 1 rings (SSSR count). The van der Waals surface area contributed by atoms with Gasteiger partial charge in [0.2, 0.25) is 0 Å². The van der Waals surface area contributed by atoms with Crippen molar-refractivity contribution in [3.05, 3.63) is 46.5 Å². The summed E-state index contributed by atoms with van der Waals surface area (Å²) in [6.45, 7) is 3.72. The lowest BCUT2D eigenvalue weighted by Gasteiger charge is -2.02. The Kier molecular flexibility index (Phi) is 3.89. The maximum atomic E-state index is 10.4. The van der Waals surface area contributed by atoms with Gasteiger partial charge in [-0.05, 0) is 24.1 Å². The minimum atomic E-state index is -0.827. The molecule has 1 aromatic rings. The fourth-order valence-corrected chi connectivity index (χ4v) is 1.43. The maximum Gasteiger partial charge on any atom is 0.307 e. The summed E-state index contributed by atoms with van der Waals surface area (Å²) in [4.78, 5) is 10.4. The molecule has 2 nitrogen and oxygen atoms in total. The third-order valence-corrected chi connectivity index (χ3v) is 2.30. The second-order valence-electron chi connectivity index (χ2n) is 3.12. The number of rotatable bonds is 4. The average Bonchev–Trinajstić information content (AvgIpc) is 2.07. The highest BCUT2D eigenvalue weighted by Crippen LogP contribution is 2.14. The van der Waals surface area contributed by atoms with Gasteiger partial charge in [0.05, 0.1) is 6.42 Å². The molecular weight excluding hydrogens is 244 g/mol. The van der Waals surface area contributed by atoms with Crippen LogP contribution in [0.5, 0.6) is 0 Å². The molecule has 0 aliphatic carbocycles. The van der Waals surface area contributed by atoms with Crippen molar-refractivity contribution >= 4 is 21.9 Å². The number of aliphatic carboxylic acids is 1. The zero-order valence-corrected chi connectivity index (χ0v) is 9.25. The van der Waals surface area contributed by atoms with Crippen LogP contribution in [0.3, 0.4) is 0 Å². The van der Waals surface area contributed by atoms with Crippen LogP contribution in [0.25, 0.3) is 0 Å². The molecule has 74 valence electrons. The second kappa shape index (κ2) is 4.96. The number of hydrogen-bond acceptors (Lipinski definition) is 1. The highest BCUT2D eigenvalue weighted by Gasteiger charge is 2.02. The van der Waals surface area contributed by atoms with Gasteiger partial charge in [0, 0.05) is 4.47 Å². The summed E-state index contributed by atoms with van der Waals surface area (Å²) in [6, 6.07) is 7.78. The van der Waals surface area contributed by atoms with E-state index in [1.807, 2.05) is 24.3 Å². The molecule has 0 bridgehead atoms. The lowest BCUT2D eigenvalue weighted by Crippen LogP contribution is -1.98. The van der Waals surface area contributed by atoms with E-state index in [9.17, 15) is 4.79 Å². The third kappa shape index (κ3) is 3.75. The first kappa shape index (κ1) is 11.0. The minimum absolute atomic E-state index is 0.0378. The summed E-state index contributed by atoms with van der Waals surface area (Å²) >= 11 is 3.34. The molecule has 3 heteroatoms. The molecule has 0 fully saturated rings. The Morgan fingerprint density at radius 2 is 1.93 bits per heavy atom. The highest BCUT2D eigenvalue weighted by molar-refractivity contribution is 9.10. The smallest absolute Gasteiger partial charge is 0.307 e. The van der Waals surface area contributed by atoms with Crippen LogP contribution in [0.4, 0.5) is 0 Å². The molecule has 0 amide bonds. The molecule has 0 atom stereocenters. The third-order valence-electron chi connectivity index (χ3n) is 1.77. The fraction of sp³-hybridized carbons (Fsp3) is 0.182. The van der Waals surface area contributed by atoms with Gasteiger partial charge < -0.3 is 5.11 Å². The van der Waals surface area contributed by atoms with Crippen molar-refractivity contribution in [2.24, 2.45) is 0 Å². The summed E-state index contributed by atoms with van der Waals surface area (Å²) in [7, 11) is 0. The first-order chi connectivity index (χ1) is 6.58. The van der Waals surface area contributed by atoms with Gasteiger partial charge in [0.1, 0.15) is 0 Å². The molecule has 0 spiro atoms. The normalized spacial score (nSPS) is 9.79. The van der Waals surface area contributed by atoms with Gasteiger partial charge in [-0.1, -0.05) is 40.2 Å². The minimum Gasteiger partial charge on any atom is -0.481 e. The van der Waals surface area contributed by atoms with E-state index in [0.717, 1.165) is 15.6 Å². The molecular formula is C11H11BrO2. The lowest BCUT2D eigenvalue weighted by molar-refractivity contribution is -0.136. The molecule has 14 heavy (non-hydrogen) atoms. The average molecular weight is 255 g/mol. The van der Waals surface area contributed by atoms with Gasteiger partial charge in [0.15, 0.2) is 0 Å². The zero-order valence-electron chi connectivity index (χ0n) is 7.66. The Labute approximate surface area is 91.4 Å². The van der Waals surface area contributed by atoms with Crippen LogP contribution in [-0.2, 0) is 11.2 Å². The van der Waals surface area contributed by atoms with Crippen molar-refractivity contribution in [3.63, 3.8) is 0 Å². The van der Waals surface area contributed by atoms with Crippen LogP contribution in [0, 0.1) is 0 Å². The van der Waals surface area contributed by atoms with Crippen LogP contribution in [0.15, 0.2) is 40.9 Å². The summed E-state index contributed by atoms with van der Waals surface area (Å²) in [5.74, 6) is -0.827. The molecule has 0 aromatic heterocycles. The van der Waals surface area contributed by atoms with E-state index in [-0.39, 0.29) is 6.42 Å². The van der Waals surface area contributed by atoms with Crippen molar-refractivity contribution < 1.29 is 9.90 Å². The van der Waals surface area contributed by atoms with Gasteiger partial charge in [-0.15, -0.1) is 0 Å². The quantitative estimate of drug-likeness (QED) is 0.839. The van der Waals surface area contributed by atoms with Gasteiger partial charge in [-0.3, -0.25) is 4.79 Å². The van der Waals surface area contributed by atoms with E-state index in [2.05, 4.69) is 22.5 Å². The van der Waals surface area contributed by atoms with Crippen LogP contribution in [0.1, 0.15) is 12.0 Å². The van der Waals surface area contributed by atoms with Crippen molar-refractivity contribution in [1.29, 1.82) is 0 Å². The molecule has 0 radical (unpaired) electrons. The van der Waals surface area contributed by atoms with Crippen LogP contribution < -0.4 is 0 Å². The monoisotopic (exact) mass is 254 g/mol. The van der Waals surface area contributed by atoms with Gasteiger partial charge >= 0.3 is 5.97 Å². The lowest BCUT2D eigenvalue weighted by atomic mass is 10.0. The van der Waals surface area contributed by atoms with E-state index in [1.165, 1.54) is 0 Å².